The van der Waals surface area contributed by atoms with Gasteiger partial charge in [0.25, 0.3) is 0 Å². The van der Waals surface area contributed by atoms with Gasteiger partial charge in [0.15, 0.2) is 0 Å². The van der Waals surface area contributed by atoms with Crippen molar-refractivity contribution in [2.75, 3.05) is 0 Å². The summed E-state index contributed by atoms with van der Waals surface area (Å²) in [6.45, 7) is 2.33. The monoisotopic (exact) mass is 207 g/mol. The number of hydrogen-bond acceptors (Lipinski definition) is 2. The lowest BCUT2D eigenvalue weighted by molar-refractivity contribution is 0.167. The predicted octanol–water partition coefficient (Wildman–Crippen LogP) is 2.25. The highest BCUT2D eigenvalue weighted by atomic mass is 14.9. The van der Waals surface area contributed by atoms with Crippen LogP contribution in [0.15, 0.2) is 12.4 Å². The van der Waals surface area contributed by atoms with E-state index in [2.05, 4.69) is 16.9 Å². The van der Waals surface area contributed by atoms with E-state index in [4.69, 9.17) is 5.73 Å². The summed E-state index contributed by atoms with van der Waals surface area (Å²) in [7, 11) is 0. The van der Waals surface area contributed by atoms with Gasteiger partial charge in [-0.25, -0.2) is 4.98 Å². The Kier molecular flexibility index (Phi) is 3.10. The maximum absolute atomic E-state index is 6.31. The van der Waals surface area contributed by atoms with Gasteiger partial charge in [-0.15, -0.1) is 0 Å². The second-order valence-corrected chi connectivity index (χ2v) is 5.06. The molecule has 0 saturated heterocycles. The third kappa shape index (κ3) is 2.40. The quantitative estimate of drug-likeness (QED) is 0.798. The molecule has 84 valence electrons. The van der Waals surface area contributed by atoms with Crippen LogP contribution in [-0.2, 0) is 6.42 Å². The summed E-state index contributed by atoms with van der Waals surface area (Å²) < 4.78 is 0. The van der Waals surface area contributed by atoms with E-state index in [1.807, 2.05) is 6.20 Å². The zero-order valence-electron chi connectivity index (χ0n) is 9.50. The normalized spacial score (nSPS) is 22.5. The van der Waals surface area contributed by atoms with Gasteiger partial charge < -0.3 is 10.7 Å². The van der Waals surface area contributed by atoms with Crippen LogP contribution in [0.4, 0.5) is 0 Å². The predicted molar refractivity (Wildman–Crippen MR) is 61.5 cm³/mol. The van der Waals surface area contributed by atoms with Crippen LogP contribution in [0.5, 0.6) is 0 Å². The van der Waals surface area contributed by atoms with Crippen LogP contribution in [0.1, 0.15) is 44.9 Å². The van der Waals surface area contributed by atoms with Crippen molar-refractivity contribution in [3.05, 3.63) is 18.2 Å². The number of nitrogens with zero attached hydrogens (tertiary/aromatic N) is 1. The molecular formula is C12H21N3. The molecule has 0 aromatic carbocycles. The summed E-state index contributed by atoms with van der Waals surface area (Å²) in [5.74, 6) is 1.02. The van der Waals surface area contributed by atoms with E-state index in [0.717, 1.165) is 12.2 Å². The van der Waals surface area contributed by atoms with E-state index in [1.165, 1.54) is 32.1 Å². The highest BCUT2D eigenvalue weighted by Gasteiger charge is 2.33. The van der Waals surface area contributed by atoms with Crippen molar-refractivity contribution < 1.29 is 0 Å². The van der Waals surface area contributed by atoms with Gasteiger partial charge in [-0.3, -0.25) is 0 Å². The Hall–Kier alpha value is -0.830. The fourth-order valence-electron chi connectivity index (χ4n) is 2.59. The second kappa shape index (κ2) is 4.35. The summed E-state index contributed by atoms with van der Waals surface area (Å²) in [4.78, 5) is 7.38. The van der Waals surface area contributed by atoms with Crippen LogP contribution in [0.3, 0.4) is 0 Å². The smallest absolute Gasteiger partial charge is 0.107 e. The van der Waals surface area contributed by atoms with Crippen LogP contribution in [0.25, 0.3) is 0 Å². The van der Waals surface area contributed by atoms with Gasteiger partial charge in [-0.1, -0.05) is 26.2 Å². The van der Waals surface area contributed by atoms with Gasteiger partial charge in [0.2, 0.25) is 0 Å². The number of hydrogen-bond donors (Lipinski definition) is 2. The average Bonchev–Trinajstić information content (AvgIpc) is 2.71. The van der Waals surface area contributed by atoms with Gasteiger partial charge in [0.1, 0.15) is 5.82 Å². The molecule has 0 aliphatic heterocycles. The van der Waals surface area contributed by atoms with Gasteiger partial charge in [-0.2, -0.15) is 0 Å². The van der Waals surface area contributed by atoms with Crippen LogP contribution >= 0.6 is 0 Å². The minimum Gasteiger partial charge on any atom is -0.349 e. The van der Waals surface area contributed by atoms with Crippen molar-refractivity contribution in [3.8, 4) is 0 Å². The number of imidazole rings is 1. The molecule has 1 fully saturated rings. The topological polar surface area (TPSA) is 54.7 Å². The fourth-order valence-corrected chi connectivity index (χ4v) is 2.59. The number of aromatic nitrogens is 2. The Labute approximate surface area is 91.5 Å². The van der Waals surface area contributed by atoms with Gasteiger partial charge in [-0.05, 0) is 18.3 Å². The lowest BCUT2D eigenvalue weighted by Crippen LogP contribution is -2.42. The minimum absolute atomic E-state index is 0.240. The lowest BCUT2D eigenvalue weighted by atomic mass is 9.70. The third-order valence-electron chi connectivity index (χ3n) is 3.86. The molecule has 2 rings (SSSR count). The molecule has 3 N–H and O–H groups in total. The summed E-state index contributed by atoms with van der Waals surface area (Å²) in [5.41, 5.74) is 6.64. The van der Waals surface area contributed by atoms with Crippen LogP contribution in [0, 0.1) is 5.41 Å². The lowest BCUT2D eigenvalue weighted by Gasteiger charge is -2.38. The first-order chi connectivity index (χ1) is 7.21. The summed E-state index contributed by atoms with van der Waals surface area (Å²) >= 11 is 0. The summed E-state index contributed by atoms with van der Waals surface area (Å²) in [6, 6.07) is 0.240. The van der Waals surface area contributed by atoms with Crippen molar-refractivity contribution in [1.29, 1.82) is 0 Å². The van der Waals surface area contributed by atoms with Crippen LogP contribution in [0.2, 0.25) is 0 Å². The number of nitrogens with one attached hydrogen (secondary N) is 1. The molecule has 0 bridgehead atoms. The molecule has 1 aliphatic rings. The van der Waals surface area contributed by atoms with Gasteiger partial charge in [0.05, 0.1) is 0 Å². The van der Waals surface area contributed by atoms with Crippen molar-refractivity contribution in [3.63, 3.8) is 0 Å². The Morgan fingerprint density at radius 3 is 2.80 bits per heavy atom. The maximum atomic E-state index is 6.31. The van der Waals surface area contributed by atoms with E-state index < -0.39 is 0 Å². The molecule has 1 aliphatic carbocycles. The van der Waals surface area contributed by atoms with E-state index >= 15 is 0 Å². The molecule has 0 radical (unpaired) electrons. The second-order valence-electron chi connectivity index (χ2n) is 5.06. The van der Waals surface area contributed by atoms with Crippen molar-refractivity contribution in [1.82, 2.24) is 9.97 Å². The molecule has 1 unspecified atom stereocenters. The molecule has 1 aromatic rings. The molecular weight excluding hydrogens is 186 g/mol. The largest absolute Gasteiger partial charge is 0.349 e. The molecule has 0 amide bonds. The maximum Gasteiger partial charge on any atom is 0.107 e. The summed E-state index contributed by atoms with van der Waals surface area (Å²) in [5, 5.41) is 0. The highest BCUT2D eigenvalue weighted by molar-refractivity contribution is 4.97. The minimum atomic E-state index is 0.240. The number of rotatable bonds is 3. The standard InChI is InChI=1S/C12H21N3/c1-12(5-3-2-4-6-12)10(13)9-11-14-7-8-15-11/h7-8,10H,2-6,9,13H2,1H3,(H,14,15). The third-order valence-corrected chi connectivity index (χ3v) is 3.86. The van der Waals surface area contributed by atoms with Gasteiger partial charge in [0, 0.05) is 24.9 Å². The van der Waals surface area contributed by atoms with E-state index in [1.54, 1.807) is 6.20 Å². The van der Waals surface area contributed by atoms with Crippen molar-refractivity contribution in [2.45, 2.75) is 51.5 Å². The first kappa shape index (κ1) is 10.7. The van der Waals surface area contributed by atoms with Crippen molar-refractivity contribution in [2.24, 2.45) is 11.1 Å². The highest BCUT2D eigenvalue weighted by Crippen LogP contribution is 2.38. The molecule has 3 heteroatoms. The van der Waals surface area contributed by atoms with Crippen molar-refractivity contribution >= 4 is 0 Å². The Balaban J connectivity index is 1.97. The Bertz CT molecular complexity index is 286. The molecule has 1 aromatic heterocycles. The van der Waals surface area contributed by atoms with Crippen LogP contribution < -0.4 is 5.73 Å². The average molecular weight is 207 g/mol. The molecule has 1 heterocycles. The summed E-state index contributed by atoms with van der Waals surface area (Å²) in [6.07, 6.45) is 11.1. The molecule has 0 spiro atoms. The van der Waals surface area contributed by atoms with E-state index in [9.17, 15) is 0 Å². The van der Waals surface area contributed by atoms with Crippen LogP contribution in [-0.4, -0.2) is 16.0 Å². The molecule has 15 heavy (non-hydrogen) atoms. The first-order valence-corrected chi connectivity index (χ1v) is 5.94. The number of nitrogens with two attached hydrogens (primary N) is 1. The molecule has 1 saturated carbocycles. The Morgan fingerprint density at radius 1 is 1.47 bits per heavy atom. The number of H-pyrrole nitrogens is 1. The fraction of sp³-hybridized carbons (Fsp3) is 0.750. The SMILES string of the molecule is CC1(C(N)Cc2ncc[nH]2)CCCCC1. The number of aromatic amines is 1. The molecule has 3 nitrogen and oxygen atoms in total. The molecule has 1 atom stereocenters. The first-order valence-electron chi connectivity index (χ1n) is 5.94. The zero-order chi connectivity index (χ0) is 10.7. The Morgan fingerprint density at radius 2 is 2.20 bits per heavy atom. The zero-order valence-corrected chi connectivity index (χ0v) is 9.50. The van der Waals surface area contributed by atoms with E-state index in [-0.39, 0.29) is 6.04 Å². The van der Waals surface area contributed by atoms with E-state index in [0.29, 0.717) is 5.41 Å². The van der Waals surface area contributed by atoms with Gasteiger partial charge >= 0.3 is 0 Å².